The number of carboxylic acid groups (broad SMARTS) is 1. The summed E-state index contributed by atoms with van der Waals surface area (Å²) in [5.41, 5.74) is 4.93. The van der Waals surface area contributed by atoms with E-state index in [1.165, 1.54) is 0 Å². The van der Waals surface area contributed by atoms with E-state index < -0.39 is 40.7 Å². The Morgan fingerprint density at radius 1 is 1.33 bits per heavy atom. The number of carboxylic acids is 1. The topological polar surface area (TPSA) is 180 Å². The minimum atomic E-state index is -1.41. The third kappa shape index (κ3) is 3.67. The summed E-state index contributed by atoms with van der Waals surface area (Å²) >= 11 is 2.03. The first-order chi connectivity index (χ1) is 14.4. The molecule has 160 valence electrons. The van der Waals surface area contributed by atoms with Crippen molar-refractivity contribution in [2.45, 2.75) is 43.2 Å². The number of hydrogen-bond acceptors (Lipinski definition) is 11. The zero-order chi connectivity index (χ0) is 21.4. The van der Waals surface area contributed by atoms with Crippen LogP contribution in [0.3, 0.4) is 0 Å². The first-order valence-electron chi connectivity index (χ1n) is 9.11. The van der Waals surface area contributed by atoms with Crippen molar-refractivity contribution in [1.29, 1.82) is 0 Å². The molecule has 0 aromatic carbocycles. The van der Waals surface area contributed by atoms with E-state index in [4.69, 9.17) is 10.6 Å². The molecular weight excluding hydrogens is 436 g/mol. The van der Waals surface area contributed by atoms with Gasteiger partial charge in [0.1, 0.15) is 23.3 Å². The fourth-order valence-electron chi connectivity index (χ4n) is 3.45. The van der Waals surface area contributed by atoms with E-state index in [-0.39, 0.29) is 28.5 Å². The first kappa shape index (κ1) is 20.4. The van der Waals surface area contributed by atoms with Crippen LogP contribution in [0.1, 0.15) is 31.5 Å². The largest absolute Gasteiger partial charge is 0.509 e. The van der Waals surface area contributed by atoms with Gasteiger partial charge in [0.25, 0.3) is 11.8 Å². The molecule has 3 heterocycles. The monoisotopic (exact) mass is 454 g/mol. The van der Waals surface area contributed by atoms with Gasteiger partial charge in [0, 0.05) is 11.5 Å². The standard InChI is InChI=1S/C16H18N6O6S2/c17-16-19-11(21-30-16)8(20-28-6-3-1-2-4-6)12(24)18-9-13(25)22-10(15(26)27)7(23)5-29-14(9)22/h6,9,14,23H,1-5H2,(H,18,24)(H,26,27)(H2,17,19,21)/b20-8-/t9?,14-/m1/s1. The number of aliphatic hydroxyl groups excluding tert-OH is 1. The fourth-order valence-corrected chi connectivity index (χ4v) is 5.08. The molecule has 3 aliphatic rings. The molecule has 30 heavy (non-hydrogen) atoms. The number of carbonyl (C=O) groups excluding carboxylic acids is 2. The van der Waals surface area contributed by atoms with E-state index >= 15 is 0 Å². The van der Waals surface area contributed by atoms with Crippen molar-refractivity contribution in [1.82, 2.24) is 19.6 Å². The number of thioether (sulfide) groups is 1. The summed E-state index contributed by atoms with van der Waals surface area (Å²) in [5, 5.41) is 25.0. The number of hydrogen-bond donors (Lipinski definition) is 4. The minimum absolute atomic E-state index is 0.0123. The van der Waals surface area contributed by atoms with Gasteiger partial charge in [-0.3, -0.25) is 14.5 Å². The number of rotatable bonds is 6. The summed E-state index contributed by atoms with van der Waals surface area (Å²) in [6, 6.07) is -0.988. The van der Waals surface area contributed by atoms with Crippen molar-refractivity contribution in [3.8, 4) is 0 Å². The van der Waals surface area contributed by atoms with Gasteiger partial charge in [-0.2, -0.15) is 9.36 Å². The Morgan fingerprint density at radius 2 is 2.07 bits per heavy atom. The Morgan fingerprint density at radius 3 is 2.70 bits per heavy atom. The van der Waals surface area contributed by atoms with Crippen LogP contribution in [0, 0.1) is 0 Å². The Balaban J connectivity index is 1.51. The molecule has 5 N–H and O–H groups in total. The lowest BCUT2D eigenvalue weighted by Crippen LogP contribution is -2.71. The molecule has 1 aromatic heterocycles. The highest BCUT2D eigenvalue weighted by Crippen LogP contribution is 2.39. The van der Waals surface area contributed by atoms with Crippen LogP contribution in [-0.4, -0.2) is 71.2 Å². The molecule has 0 spiro atoms. The van der Waals surface area contributed by atoms with Gasteiger partial charge >= 0.3 is 5.97 Å². The summed E-state index contributed by atoms with van der Waals surface area (Å²) in [6.07, 6.45) is 3.58. The van der Waals surface area contributed by atoms with E-state index in [9.17, 15) is 24.6 Å². The number of amides is 2. The predicted molar refractivity (Wildman–Crippen MR) is 107 cm³/mol. The normalized spacial score (nSPS) is 24.5. The molecule has 1 unspecified atom stereocenters. The number of fused-ring (bicyclic) bond motifs is 1. The molecule has 2 atom stereocenters. The lowest BCUT2D eigenvalue weighted by atomic mass is 10.0. The van der Waals surface area contributed by atoms with Crippen LogP contribution in [0.15, 0.2) is 16.6 Å². The number of β-lactam (4-membered cyclic amide) rings is 1. The molecular formula is C16H18N6O6S2. The number of carbonyl (C=O) groups is 3. The zero-order valence-corrected chi connectivity index (χ0v) is 17.1. The molecule has 1 aliphatic carbocycles. The molecule has 14 heteroatoms. The molecule has 1 saturated heterocycles. The number of nitrogens with one attached hydrogen (secondary N) is 1. The quantitative estimate of drug-likeness (QED) is 0.260. The second kappa shape index (κ2) is 8.10. The Hall–Kier alpha value is -2.87. The maximum atomic E-state index is 12.9. The number of aromatic nitrogens is 2. The maximum absolute atomic E-state index is 12.9. The van der Waals surface area contributed by atoms with Crippen molar-refractivity contribution in [3.63, 3.8) is 0 Å². The summed E-state index contributed by atoms with van der Waals surface area (Å²) in [5.74, 6) is -3.19. The Kier molecular flexibility index (Phi) is 5.51. The number of aliphatic hydroxyl groups is 1. The van der Waals surface area contributed by atoms with E-state index in [1.807, 2.05) is 0 Å². The molecule has 1 saturated carbocycles. The molecule has 12 nitrogen and oxygen atoms in total. The maximum Gasteiger partial charge on any atom is 0.356 e. The van der Waals surface area contributed by atoms with Crippen LogP contribution in [0.5, 0.6) is 0 Å². The average molecular weight is 454 g/mol. The van der Waals surface area contributed by atoms with Gasteiger partial charge in [-0.05, 0) is 25.7 Å². The Bertz CT molecular complexity index is 956. The van der Waals surface area contributed by atoms with Crippen LogP contribution in [-0.2, 0) is 19.2 Å². The van der Waals surface area contributed by atoms with Crippen molar-refractivity contribution in [2.75, 3.05) is 11.5 Å². The van der Waals surface area contributed by atoms with E-state index in [0.717, 1.165) is 53.9 Å². The molecule has 1 aromatic rings. The summed E-state index contributed by atoms with van der Waals surface area (Å²) in [6.45, 7) is 0. The molecule has 2 fully saturated rings. The zero-order valence-electron chi connectivity index (χ0n) is 15.5. The van der Waals surface area contributed by atoms with E-state index in [2.05, 4.69) is 19.8 Å². The smallest absolute Gasteiger partial charge is 0.356 e. The molecule has 0 bridgehead atoms. The van der Waals surface area contributed by atoms with Crippen LogP contribution >= 0.6 is 23.3 Å². The van der Waals surface area contributed by atoms with Gasteiger partial charge in [-0.25, -0.2) is 4.79 Å². The third-order valence-corrected chi connectivity index (χ3v) is 6.71. The van der Waals surface area contributed by atoms with Crippen LogP contribution < -0.4 is 11.1 Å². The molecule has 2 aliphatic heterocycles. The van der Waals surface area contributed by atoms with Gasteiger partial charge in [0.15, 0.2) is 10.8 Å². The van der Waals surface area contributed by atoms with Gasteiger partial charge in [-0.15, -0.1) is 11.8 Å². The Labute approximate surface area is 178 Å². The summed E-state index contributed by atoms with van der Waals surface area (Å²) in [7, 11) is 0. The highest BCUT2D eigenvalue weighted by molar-refractivity contribution is 8.00. The number of nitrogen functional groups attached to an aromatic ring is 1. The first-order valence-corrected chi connectivity index (χ1v) is 10.9. The van der Waals surface area contributed by atoms with Crippen molar-refractivity contribution in [2.24, 2.45) is 5.16 Å². The van der Waals surface area contributed by atoms with E-state index in [0.29, 0.717) is 0 Å². The second-order valence-electron chi connectivity index (χ2n) is 6.87. The van der Waals surface area contributed by atoms with Crippen molar-refractivity contribution < 1.29 is 29.4 Å². The highest BCUT2D eigenvalue weighted by atomic mass is 32.2. The summed E-state index contributed by atoms with van der Waals surface area (Å²) < 4.78 is 3.99. The van der Waals surface area contributed by atoms with Crippen LogP contribution in [0.25, 0.3) is 0 Å². The predicted octanol–water partition coefficient (Wildman–Crippen LogP) is 0.0377. The van der Waals surface area contributed by atoms with Gasteiger partial charge in [-0.1, -0.05) is 5.16 Å². The number of oxime groups is 1. The van der Waals surface area contributed by atoms with Crippen molar-refractivity contribution in [3.05, 3.63) is 17.3 Å². The van der Waals surface area contributed by atoms with Gasteiger partial charge < -0.3 is 26.1 Å². The van der Waals surface area contributed by atoms with E-state index in [1.54, 1.807) is 0 Å². The van der Waals surface area contributed by atoms with Crippen LogP contribution in [0.2, 0.25) is 0 Å². The van der Waals surface area contributed by atoms with Gasteiger partial charge in [0.05, 0.1) is 5.75 Å². The number of aliphatic carboxylic acids is 1. The second-order valence-corrected chi connectivity index (χ2v) is 8.76. The average Bonchev–Trinajstić information content (AvgIpc) is 3.37. The SMILES string of the molecule is Nc1nc(/C(=N/OC2CCCC2)C(=O)NC2C(=O)N3C(C(=O)O)=C(O)CS[C@H]23)ns1. The lowest BCUT2D eigenvalue weighted by Gasteiger charge is -2.48. The number of nitrogens with two attached hydrogens (primary N) is 1. The van der Waals surface area contributed by atoms with Gasteiger partial charge in [0.2, 0.25) is 11.5 Å². The third-order valence-electron chi connectivity index (χ3n) is 4.90. The van der Waals surface area contributed by atoms with Crippen LogP contribution in [0.4, 0.5) is 5.13 Å². The molecule has 0 radical (unpaired) electrons. The number of nitrogens with zero attached hydrogens (tertiary/aromatic N) is 4. The summed E-state index contributed by atoms with van der Waals surface area (Å²) in [4.78, 5) is 47.1. The lowest BCUT2D eigenvalue weighted by molar-refractivity contribution is -0.150. The molecule has 2 amide bonds. The fraction of sp³-hybridized carbons (Fsp3) is 0.500. The minimum Gasteiger partial charge on any atom is -0.509 e. The number of anilines is 1. The molecule has 4 rings (SSSR count). The highest BCUT2D eigenvalue weighted by Gasteiger charge is 2.54. The van der Waals surface area contributed by atoms with Crippen molar-refractivity contribution >= 4 is 51.9 Å².